The van der Waals surface area contributed by atoms with E-state index in [1.807, 2.05) is 36.6 Å². The van der Waals surface area contributed by atoms with E-state index in [4.69, 9.17) is 4.74 Å². The summed E-state index contributed by atoms with van der Waals surface area (Å²) in [7, 11) is 0. The number of aromatic nitrogens is 2. The molecule has 1 aromatic carbocycles. The summed E-state index contributed by atoms with van der Waals surface area (Å²) in [6, 6.07) is 9.15. The molecule has 2 aromatic heterocycles. The molecule has 0 saturated heterocycles. The molecule has 0 aliphatic carbocycles. The number of ketones is 1. The first-order chi connectivity index (χ1) is 11.5. The summed E-state index contributed by atoms with van der Waals surface area (Å²) in [5, 5.41) is 1.91. The summed E-state index contributed by atoms with van der Waals surface area (Å²) in [6.45, 7) is 3.73. The van der Waals surface area contributed by atoms with Gasteiger partial charge in [-0.15, -0.1) is 11.3 Å². The molecule has 0 bridgehead atoms. The van der Waals surface area contributed by atoms with Crippen molar-refractivity contribution in [3.63, 3.8) is 0 Å². The standard InChI is InChI=1S/C18H18N2O3S/c1-12-11-24-18-19-15(9-17(22)20(12)18)10-23-16-7-5-14(6-8-16)4-3-13(2)21/h5-9,11H,3-4,10H2,1-2H3. The molecular weight excluding hydrogens is 324 g/mol. The van der Waals surface area contributed by atoms with Gasteiger partial charge in [-0.05, 0) is 38.0 Å². The van der Waals surface area contributed by atoms with Crippen LogP contribution in [0.2, 0.25) is 0 Å². The largest absolute Gasteiger partial charge is 0.487 e. The second kappa shape index (κ2) is 6.97. The average Bonchev–Trinajstić information content (AvgIpc) is 2.93. The third kappa shape index (κ3) is 3.71. The van der Waals surface area contributed by atoms with Crippen LogP contribution < -0.4 is 10.3 Å². The predicted octanol–water partition coefficient (Wildman–Crippen LogP) is 3.17. The molecule has 0 aliphatic heterocycles. The molecule has 2 heterocycles. The molecular formula is C18H18N2O3S. The molecule has 5 nitrogen and oxygen atoms in total. The van der Waals surface area contributed by atoms with Gasteiger partial charge in [0.05, 0.1) is 5.69 Å². The van der Waals surface area contributed by atoms with Gasteiger partial charge in [-0.3, -0.25) is 9.20 Å². The Balaban J connectivity index is 1.67. The number of benzene rings is 1. The molecule has 24 heavy (non-hydrogen) atoms. The maximum absolute atomic E-state index is 12.1. The summed E-state index contributed by atoms with van der Waals surface area (Å²) in [5.41, 5.74) is 2.52. The SMILES string of the molecule is CC(=O)CCc1ccc(OCc2cc(=O)n3c(C)csc3n2)cc1. The number of Topliss-reactive ketones (excluding diaryl/α,β-unsaturated/α-hetero) is 1. The minimum absolute atomic E-state index is 0.0862. The number of carbonyl (C=O) groups excluding carboxylic acids is 1. The van der Waals surface area contributed by atoms with Gasteiger partial charge in [-0.25, -0.2) is 4.98 Å². The first-order valence-corrected chi connectivity index (χ1v) is 8.59. The van der Waals surface area contributed by atoms with Gasteiger partial charge in [-0.2, -0.15) is 0 Å². The van der Waals surface area contributed by atoms with Gasteiger partial charge < -0.3 is 9.53 Å². The Morgan fingerprint density at radius 3 is 2.75 bits per heavy atom. The number of fused-ring (bicyclic) bond motifs is 1. The van der Waals surface area contributed by atoms with Gasteiger partial charge in [0, 0.05) is 23.6 Å². The van der Waals surface area contributed by atoms with E-state index in [0.29, 0.717) is 22.8 Å². The summed E-state index contributed by atoms with van der Waals surface area (Å²) >= 11 is 1.44. The minimum atomic E-state index is -0.0862. The van der Waals surface area contributed by atoms with Crippen molar-refractivity contribution in [2.24, 2.45) is 0 Å². The predicted molar refractivity (Wildman–Crippen MR) is 93.9 cm³/mol. The molecule has 0 saturated carbocycles. The molecule has 0 amide bonds. The van der Waals surface area contributed by atoms with Crippen molar-refractivity contribution in [2.45, 2.75) is 33.3 Å². The minimum Gasteiger partial charge on any atom is -0.487 e. The van der Waals surface area contributed by atoms with Crippen LogP contribution in [0.25, 0.3) is 4.96 Å². The smallest absolute Gasteiger partial charge is 0.259 e. The molecule has 0 N–H and O–H groups in total. The van der Waals surface area contributed by atoms with Crippen molar-refractivity contribution in [1.29, 1.82) is 0 Å². The lowest BCUT2D eigenvalue weighted by Gasteiger charge is -2.07. The first kappa shape index (κ1) is 16.4. The molecule has 0 fully saturated rings. The molecule has 3 aromatic rings. The maximum atomic E-state index is 12.1. The van der Waals surface area contributed by atoms with Crippen LogP contribution in [0.5, 0.6) is 5.75 Å². The Bertz CT molecular complexity index is 926. The van der Waals surface area contributed by atoms with Crippen molar-refractivity contribution in [1.82, 2.24) is 9.38 Å². The number of rotatable bonds is 6. The highest BCUT2D eigenvalue weighted by Crippen LogP contribution is 2.16. The van der Waals surface area contributed by atoms with Crippen molar-refractivity contribution < 1.29 is 9.53 Å². The van der Waals surface area contributed by atoms with Crippen molar-refractivity contribution in [2.75, 3.05) is 0 Å². The zero-order chi connectivity index (χ0) is 17.1. The zero-order valence-electron chi connectivity index (χ0n) is 13.6. The second-order valence-electron chi connectivity index (χ2n) is 5.72. The Morgan fingerprint density at radius 1 is 1.29 bits per heavy atom. The number of carbonyl (C=O) groups is 1. The van der Waals surface area contributed by atoms with E-state index in [-0.39, 0.29) is 17.9 Å². The Hall–Kier alpha value is -2.47. The van der Waals surface area contributed by atoms with Gasteiger partial charge in [0.1, 0.15) is 18.1 Å². The lowest BCUT2D eigenvalue weighted by molar-refractivity contribution is -0.116. The van der Waals surface area contributed by atoms with Crippen molar-refractivity contribution >= 4 is 22.1 Å². The van der Waals surface area contributed by atoms with Crippen molar-refractivity contribution in [3.8, 4) is 5.75 Å². The Labute approximate surface area is 143 Å². The number of nitrogens with zero attached hydrogens (tertiary/aromatic N) is 2. The molecule has 0 atom stereocenters. The fraction of sp³-hybridized carbons (Fsp3) is 0.278. The highest BCUT2D eigenvalue weighted by Gasteiger charge is 2.07. The zero-order valence-corrected chi connectivity index (χ0v) is 14.4. The fourth-order valence-corrected chi connectivity index (χ4v) is 3.30. The highest BCUT2D eigenvalue weighted by atomic mass is 32.1. The van der Waals surface area contributed by atoms with Gasteiger partial charge in [-0.1, -0.05) is 12.1 Å². The fourth-order valence-electron chi connectivity index (χ4n) is 2.40. The molecule has 0 aliphatic rings. The Morgan fingerprint density at radius 2 is 2.04 bits per heavy atom. The van der Waals surface area contributed by atoms with Crippen LogP contribution in [0.3, 0.4) is 0 Å². The number of ether oxygens (including phenoxy) is 1. The normalized spacial score (nSPS) is 10.9. The molecule has 0 radical (unpaired) electrons. The maximum Gasteiger partial charge on any atom is 0.259 e. The molecule has 0 spiro atoms. The number of aryl methyl sites for hydroxylation is 2. The summed E-state index contributed by atoms with van der Waals surface area (Å²) in [6.07, 6.45) is 1.29. The first-order valence-electron chi connectivity index (χ1n) is 7.71. The van der Waals surface area contributed by atoms with Gasteiger partial charge in [0.15, 0.2) is 4.96 Å². The quantitative estimate of drug-likeness (QED) is 0.690. The van der Waals surface area contributed by atoms with E-state index < -0.39 is 0 Å². The van der Waals surface area contributed by atoms with Crippen LogP contribution in [0.15, 0.2) is 40.5 Å². The van der Waals surface area contributed by atoms with Gasteiger partial charge in [0.2, 0.25) is 0 Å². The van der Waals surface area contributed by atoms with Crippen LogP contribution in [0.1, 0.15) is 30.3 Å². The summed E-state index contributed by atoms with van der Waals surface area (Å²) < 4.78 is 7.31. The van der Waals surface area contributed by atoms with E-state index in [2.05, 4.69) is 4.98 Å². The lowest BCUT2D eigenvalue weighted by Crippen LogP contribution is -2.15. The second-order valence-corrected chi connectivity index (χ2v) is 6.55. The van der Waals surface area contributed by atoms with Gasteiger partial charge in [0.25, 0.3) is 5.56 Å². The van der Waals surface area contributed by atoms with E-state index in [0.717, 1.165) is 17.7 Å². The number of thiazole rings is 1. The third-order valence-electron chi connectivity index (χ3n) is 3.70. The molecule has 6 heteroatoms. The molecule has 124 valence electrons. The van der Waals surface area contributed by atoms with Crippen LogP contribution in [0, 0.1) is 6.92 Å². The monoisotopic (exact) mass is 342 g/mol. The average molecular weight is 342 g/mol. The number of hydrogen-bond donors (Lipinski definition) is 0. The van der Waals surface area contributed by atoms with Crippen LogP contribution >= 0.6 is 11.3 Å². The lowest BCUT2D eigenvalue weighted by atomic mass is 10.1. The van der Waals surface area contributed by atoms with Crippen LogP contribution in [-0.4, -0.2) is 15.2 Å². The van der Waals surface area contributed by atoms with E-state index in [9.17, 15) is 9.59 Å². The third-order valence-corrected chi connectivity index (χ3v) is 4.65. The van der Waals surface area contributed by atoms with Gasteiger partial charge >= 0.3 is 0 Å². The highest BCUT2D eigenvalue weighted by molar-refractivity contribution is 7.15. The van der Waals surface area contributed by atoms with E-state index >= 15 is 0 Å². The van der Waals surface area contributed by atoms with E-state index in [1.165, 1.54) is 17.4 Å². The number of hydrogen-bond acceptors (Lipinski definition) is 5. The summed E-state index contributed by atoms with van der Waals surface area (Å²) in [4.78, 5) is 28.3. The topological polar surface area (TPSA) is 60.7 Å². The Kier molecular flexibility index (Phi) is 4.76. The van der Waals surface area contributed by atoms with E-state index in [1.54, 1.807) is 11.3 Å². The molecule has 0 unspecified atom stereocenters. The van der Waals surface area contributed by atoms with Crippen LogP contribution in [-0.2, 0) is 17.8 Å². The summed E-state index contributed by atoms with van der Waals surface area (Å²) in [5.74, 6) is 0.901. The van der Waals surface area contributed by atoms with Crippen LogP contribution in [0.4, 0.5) is 0 Å². The molecule has 3 rings (SSSR count). The van der Waals surface area contributed by atoms with Crippen molar-refractivity contribution in [3.05, 3.63) is 63.0 Å².